The van der Waals surface area contributed by atoms with Gasteiger partial charge < -0.3 is 9.52 Å². The fourth-order valence-electron chi connectivity index (χ4n) is 1.66. The normalized spacial score (nSPS) is 15.4. The van der Waals surface area contributed by atoms with E-state index in [4.69, 9.17) is 16.0 Å². The molecule has 0 radical (unpaired) electrons. The lowest BCUT2D eigenvalue weighted by Crippen LogP contribution is -2.43. The van der Waals surface area contributed by atoms with E-state index in [0.717, 1.165) is 18.4 Å². The Kier molecular flexibility index (Phi) is 3.12. The average Bonchev–Trinajstić information content (AvgIpc) is 2.80. The number of hydrogen-bond donors (Lipinski definition) is 1. The van der Waals surface area contributed by atoms with Crippen molar-refractivity contribution in [3.8, 4) is 0 Å². The summed E-state index contributed by atoms with van der Waals surface area (Å²) in [5, 5.41) is 9.87. The molecule has 0 saturated carbocycles. The highest BCUT2D eigenvalue weighted by molar-refractivity contribution is 6.31. The van der Waals surface area contributed by atoms with E-state index in [0.29, 0.717) is 0 Å². The van der Waals surface area contributed by atoms with Crippen LogP contribution in [0.2, 0.25) is 5.02 Å². The van der Waals surface area contributed by atoms with Crippen LogP contribution < -0.4 is 0 Å². The van der Waals surface area contributed by atoms with Crippen molar-refractivity contribution >= 4 is 11.6 Å². The largest absolute Gasteiger partial charge is 0.466 e. The summed E-state index contributed by atoms with van der Waals surface area (Å²) in [5.74, 6) is -0.622. The summed E-state index contributed by atoms with van der Waals surface area (Å²) in [6, 6.07) is 7.54. The van der Waals surface area contributed by atoms with Crippen molar-refractivity contribution in [2.45, 2.75) is 11.8 Å². The van der Waals surface area contributed by atoms with Crippen LogP contribution >= 0.6 is 11.6 Å². The Hall–Kier alpha value is -1.46. The van der Waals surface area contributed by atoms with Crippen LogP contribution in [-0.2, 0) is 5.60 Å². The first-order valence-electron chi connectivity index (χ1n) is 4.95. The summed E-state index contributed by atoms with van der Waals surface area (Å²) >= 11 is 5.73. The SMILES string of the molecule is OC(c1ccco1)(c1ccccc1Cl)C(F)(F)F. The highest BCUT2D eigenvalue weighted by Gasteiger charge is 2.59. The fourth-order valence-corrected chi connectivity index (χ4v) is 1.94. The van der Waals surface area contributed by atoms with Gasteiger partial charge in [-0.1, -0.05) is 29.8 Å². The van der Waals surface area contributed by atoms with Crippen LogP contribution in [0.15, 0.2) is 47.1 Å². The molecule has 0 saturated heterocycles. The predicted molar refractivity (Wildman–Crippen MR) is 59.2 cm³/mol. The van der Waals surface area contributed by atoms with E-state index in [-0.39, 0.29) is 5.02 Å². The van der Waals surface area contributed by atoms with Crippen LogP contribution in [0, 0.1) is 0 Å². The van der Waals surface area contributed by atoms with Crippen molar-refractivity contribution in [2.24, 2.45) is 0 Å². The third-order valence-corrected chi connectivity index (χ3v) is 2.88. The van der Waals surface area contributed by atoms with Crippen molar-refractivity contribution in [1.82, 2.24) is 0 Å². The molecule has 2 aromatic rings. The van der Waals surface area contributed by atoms with Crippen LogP contribution in [0.25, 0.3) is 0 Å². The maximum Gasteiger partial charge on any atom is 0.428 e. The van der Waals surface area contributed by atoms with Gasteiger partial charge in [0.15, 0.2) is 0 Å². The Labute approximate surface area is 106 Å². The van der Waals surface area contributed by atoms with E-state index in [1.807, 2.05) is 0 Å². The zero-order valence-corrected chi connectivity index (χ0v) is 9.66. The molecule has 2 nitrogen and oxygen atoms in total. The topological polar surface area (TPSA) is 33.4 Å². The molecule has 0 spiro atoms. The summed E-state index contributed by atoms with van der Waals surface area (Å²) in [5.41, 5.74) is -3.72. The Morgan fingerprint density at radius 1 is 1.06 bits per heavy atom. The molecule has 2 rings (SSSR count). The molecule has 1 aromatic heterocycles. The van der Waals surface area contributed by atoms with Crippen molar-refractivity contribution in [3.05, 3.63) is 59.0 Å². The standard InChI is InChI=1S/C12H8ClF3O2/c13-9-5-2-1-4-8(9)11(17,12(14,15)16)10-6-3-7-18-10/h1-7,17H. The van der Waals surface area contributed by atoms with E-state index < -0.39 is 23.1 Å². The van der Waals surface area contributed by atoms with E-state index in [1.54, 1.807) is 0 Å². The zero-order chi connectivity index (χ0) is 13.4. The minimum absolute atomic E-state index is 0.186. The quantitative estimate of drug-likeness (QED) is 0.907. The molecule has 1 N–H and O–H groups in total. The molecular formula is C12H8ClF3O2. The molecule has 1 aromatic carbocycles. The summed E-state index contributed by atoms with van der Waals surface area (Å²) in [7, 11) is 0. The van der Waals surface area contributed by atoms with Gasteiger partial charge in [0, 0.05) is 10.6 Å². The van der Waals surface area contributed by atoms with Crippen LogP contribution in [0.1, 0.15) is 11.3 Å². The van der Waals surface area contributed by atoms with Gasteiger partial charge >= 0.3 is 6.18 Å². The van der Waals surface area contributed by atoms with E-state index >= 15 is 0 Å². The molecule has 18 heavy (non-hydrogen) atoms. The Morgan fingerprint density at radius 3 is 2.22 bits per heavy atom. The van der Waals surface area contributed by atoms with Gasteiger partial charge in [0.1, 0.15) is 5.76 Å². The first-order chi connectivity index (χ1) is 8.37. The van der Waals surface area contributed by atoms with Crippen LogP contribution in [0.5, 0.6) is 0 Å². The average molecular weight is 277 g/mol. The fraction of sp³-hybridized carbons (Fsp3) is 0.167. The van der Waals surface area contributed by atoms with Gasteiger partial charge in [-0.2, -0.15) is 13.2 Å². The lowest BCUT2D eigenvalue weighted by Gasteiger charge is -2.29. The second kappa shape index (κ2) is 4.33. The van der Waals surface area contributed by atoms with Gasteiger partial charge in [0.05, 0.1) is 6.26 Å². The van der Waals surface area contributed by atoms with Crippen molar-refractivity contribution in [2.75, 3.05) is 0 Å². The minimum Gasteiger partial charge on any atom is -0.466 e. The maximum atomic E-state index is 13.2. The molecule has 6 heteroatoms. The zero-order valence-electron chi connectivity index (χ0n) is 8.91. The summed E-state index contributed by atoms with van der Waals surface area (Å²) in [6.45, 7) is 0. The van der Waals surface area contributed by atoms with Gasteiger partial charge in [-0.15, -0.1) is 0 Å². The number of aliphatic hydroxyl groups is 1. The highest BCUT2D eigenvalue weighted by Crippen LogP contribution is 2.46. The number of alkyl halides is 3. The second-order valence-corrected chi connectivity index (χ2v) is 4.07. The summed E-state index contributed by atoms with van der Waals surface area (Å²) in [4.78, 5) is 0. The van der Waals surface area contributed by atoms with Crippen LogP contribution in [0.3, 0.4) is 0 Å². The van der Waals surface area contributed by atoms with Crippen molar-refractivity contribution in [1.29, 1.82) is 0 Å². The molecule has 96 valence electrons. The summed E-state index contributed by atoms with van der Waals surface area (Å²) in [6.07, 6.45) is -3.89. The monoisotopic (exact) mass is 276 g/mol. The molecule has 1 atom stereocenters. The molecule has 0 aliphatic rings. The number of hydrogen-bond acceptors (Lipinski definition) is 2. The Balaban J connectivity index is 2.69. The van der Waals surface area contributed by atoms with Crippen LogP contribution in [-0.4, -0.2) is 11.3 Å². The molecule has 0 bridgehead atoms. The van der Waals surface area contributed by atoms with Gasteiger partial charge in [-0.05, 0) is 18.2 Å². The molecule has 1 unspecified atom stereocenters. The lowest BCUT2D eigenvalue weighted by molar-refractivity contribution is -0.254. The van der Waals surface area contributed by atoms with Gasteiger partial charge in [-0.25, -0.2) is 0 Å². The smallest absolute Gasteiger partial charge is 0.428 e. The van der Waals surface area contributed by atoms with Gasteiger partial charge in [0.2, 0.25) is 5.60 Å². The number of benzene rings is 1. The van der Waals surface area contributed by atoms with E-state index in [2.05, 4.69) is 0 Å². The number of furan rings is 1. The molecule has 0 fully saturated rings. The van der Waals surface area contributed by atoms with E-state index in [1.165, 1.54) is 24.3 Å². The molecular weight excluding hydrogens is 269 g/mol. The third kappa shape index (κ3) is 1.89. The van der Waals surface area contributed by atoms with Crippen molar-refractivity contribution < 1.29 is 22.7 Å². The first kappa shape index (κ1) is 13.0. The predicted octanol–water partition coefficient (Wildman–Crippen LogP) is 3.73. The van der Waals surface area contributed by atoms with Crippen LogP contribution in [0.4, 0.5) is 13.2 Å². The van der Waals surface area contributed by atoms with Crippen molar-refractivity contribution in [3.63, 3.8) is 0 Å². The number of rotatable bonds is 2. The van der Waals surface area contributed by atoms with E-state index in [9.17, 15) is 18.3 Å². The Morgan fingerprint density at radius 2 is 1.72 bits per heavy atom. The molecule has 0 amide bonds. The maximum absolute atomic E-state index is 13.2. The highest BCUT2D eigenvalue weighted by atomic mass is 35.5. The Bertz CT molecular complexity index is 537. The van der Waals surface area contributed by atoms with Gasteiger partial charge in [0.25, 0.3) is 0 Å². The molecule has 1 heterocycles. The molecule has 0 aliphatic heterocycles. The molecule has 0 aliphatic carbocycles. The number of halogens is 4. The lowest BCUT2D eigenvalue weighted by atomic mass is 9.90. The summed E-state index contributed by atoms with van der Waals surface area (Å²) < 4.78 is 44.2. The second-order valence-electron chi connectivity index (χ2n) is 3.67. The van der Waals surface area contributed by atoms with Gasteiger partial charge in [-0.3, -0.25) is 0 Å². The minimum atomic E-state index is -4.95. The third-order valence-electron chi connectivity index (χ3n) is 2.55. The first-order valence-corrected chi connectivity index (χ1v) is 5.33.